The summed E-state index contributed by atoms with van der Waals surface area (Å²) in [6.07, 6.45) is 5.43. The van der Waals surface area contributed by atoms with Crippen LogP contribution in [0.15, 0.2) is 32.6 Å². The van der Waals surface area contributed by atoms with Crippen LogP contribution in [0, 0.1) is 0 Å². The molecule has 0 amide bonds. The number of aromatic amines is 1. The number of H-pyrrole nitrogens is 1. The van der Waals surface area contributed by atoms with Crippen LogP contribution < -0.4 is 0 Å². The van der Waals surface area contributed by atoms with Crippen molar-refractivity contribution in [2.45, 2.75) is 19.8 Å². The van der Waals surface area contributed by atoms with Gasteiger partial charge in [-0.2, -0.15) is 5.10 Å². The smallest absolute Gasteiger partial charge is 0.0946 e. The van der Waals surface area contributed by atoms with Crippen LogP contribution in [-0.2, 0) is 10.8 Å². The topological polar surface area (TPSA) is 58.1 Å². The predicted octanol–water partition coefficient (Wildman–Crippen LogP) is 2.71. The molecule has 1 aromatic heterocycles. The van der Waals surface area contributed by atoms with Crippen molar-refractivity contribution in [2.24, 2.45) is 4.99 Å². The third-order valence-electron chi connectivity index (χ3n) is 3.35. The number of fused-ring (bicyclic) bond motifs is 1. The van der Waals surface area contributed by atoms with Gasteiger partial charge in [0.1, 0.15) is 0 Å². The molecule has 0 spiro atoms. The van der Waals surface area contributed by atoms with Gasteiger partial charge < -0.3 is 0 Å². The first kappa shape index (κ1) is 12.9. The van der Waals surface area contributed by atoms with Crippen LogP contribution in [0.3, 0.4) is 0 Å². The minimum atomic E-state index is -1.10. The number of rotatable bonds is 3. The second-order valence-electron chi connectivity index (χ2n) is 4.35. The maximum Gasteiger partial charge on any atom is 0.0946 e. The molecule has 0 radical (unpaired) electrons. The maximum atomic E-state index is 12.7. The summed E-state index contributed by atoms with van der Waals surface area (Å²) in [5.74, 6) is 0. The fourth-order valence-corrected chi connectivity index (χ4v) is 5.21. The lowest BCUT2D eigenvalue weighted by atomic mass is 9.94. The first-order chi connectivity index (χ1) is 9.27. The van der Waals surface area contributed by atoms with Crippen LogP contribution >= 0.6 is 11.8 Å². The molecule has 1 aromatic rings. The molecular formula is C13H15N3OS2. The van der Waals surface area contributed by atoms with Crippen LogP contribution in [0.1, 0.15) is 25.5 Å². The second kappa shape index (κ2) is 5.09. The predicted molar refractivity (Wildman–Crippen MR) is 81.4 cm³/mol. The highest BCUT2D eigenvalue weighted by atomic mass is 32.2. The molecule has 19 heavy (non-hydrogen) atoms. The number of aromatic nitrogens is 2. The quantitative estimate of drug-likeness (QED) is 0.932. The van der Waals surface area contributed by atoms with E-state index in [0.717, 1.165) is 45.5 Å². The van der Waals surface area contributed by atoms with Gasteiger partial charge >= 0.3 is 0 Å². The molecule has 2 aliphatic heterocycles. The zero-order chi connectivity index (χ0) is 13.4. The molecule has 3 rings (SSSR count). The minimum absolute atomic E-state index is 0.790. The van der Waals surface area contributed by atoms with Gasteiger partial charge in [-0.15, -0.1) is 11.8 Å². The zero-order valence-electron chi connectivity index (χ0n) is 10.9. The number of nitrogens with zero attached hydrogens (tertiary/aromatic N) is 2. The van der Waals surface area contributed by atoms with Gasteiger partial charge in [0, 0.05) is 24.0 Å². The third kappa shape index (κ3) is 1.94. The minimum Gasteiger partial charge on any atom is -0.289 e. The SMILES string of the molecule is CCC1=NCCC2=C(c3ccn[nH]3)S(=O)C(SC)=C12. The van der Waals surface area contributed by atoms with Crippen molar-refractivity contribution in [3.8, 4) is 0 Å². The molecule has 4 nitrogen and oxygen atoms in total. The first-order valence-electron chi connectivity index (χ1n) is 6.25. The number of aliphatic imine (C=N–C) groups is 1. The highest BCUT2D eigenvalue weighted by Gasteiger charge is 2.35. The van der Waals surface area contributed by atoms with E-state index in [4.69, 9.17) is 0 Å². The molecule has 0 fully saturated rings. The van der Waals surface area contributed by atoms with E-state index in [2.05, 4.69) is 22.1 Å². The molecule has 2 aliphatic rings. The summed E-state index contributed by atoms with van der Waals surface area (Å²) < 4.78 is 13.7. The summed E-state index contributed by atoms with van der Waals surface area (Å²) in [5, 5.41) is 6.92. The van der Waals surface area contributed by atoms with E-state index >= 15 is 0 Å². The van der Waals surface area contributed by atoms with E-state index in [0.29, 0.717) is 0 Å². The molecule has 1 unspecified atom stereocenters. The van der Waals surface area contributed by atoms with Crippen LogP contribution in [0.25, 0.3) is 4.91 Å². The fourth-order valence-electron chi connectivity index (χ4n) is 2.56. The van der Waals surface area contributed by atoms with Crippen molar-refractivity contribution in [3.05, 3.63) is 33.3 Å². The molecule has 0 saturated heterocycles. The van der Waals surface area contributed by atoms with Crippen molar-refractivity contribution >= 4 is 33.2 Å². The van der Waals surface area contributed by atoms with Crippen LogP contribution in [-0.4, -0.2) is 32.9 Å². The van der Waals surface area contributed by atoms with E-state index in [9.17, 15) is 4.21 Å². The Morgan fingerprint density at radius 3 is 3.00 bits per heavy atom. The summed E-state index contributed by atoms with van der Waals surface area (Å²) in [6, 6.07) is 1.89. The average Bonchev–Trinajstić information content (AvgIpc) is 3.03. The second-order valence-corrected chi connectivity index (χ2v) is 6.77. The molecule has 0 saturated carbocycles. The highest BCUT2D eigenvalue weighted by Crippen LogP contribution is 2.45. The first-order valence-corrected chi connectivity index (χ1v) is 8.62. The Labute approximate surface area is 118 Å². The Bertz CT molecular complexity index is 626. The molecule has 6 heteroatoms. The van der Waals surface area contributed by atoms with Gasteiger partial charge in [-0.05, 0) is 30.7 Å². The lowest BCUT2D eigenvalue weighted by Gasteiger charge is -2.16. The summed E-state index contributed by atoms with van der Waals surface area (Å²) in [6.45, 7) is 2.89. The standard InChI is InChI=1S/C13H15N3OS2/c1-3-9-11-8(4-6-14-9)12(10-5-7-15-16-10)19(17)13(11)18-2/h5,7H,3-4,6H2,1-2H3,(H,15,16). The Morgan fingerprint density at radius 2 is 2.37 bits per heavy atom. The fraction of sp³-hybridized carbons (Fsp3) is 0.385. The Morgan fingerprint density at radius 1 is 1.53 bits per heavy atom. The van der Waals surface area contributed by atoms with Crippen LogP contribution in [0.4, 0.5) is 0 Å². The van der Waals surface area contributed by atoms with Gasteiger partial charge in [0.15, 0.2) is 0 Å². The van der Waals surface area contributed by atoms with Gasteiger partial charge in [0.25, 0.3) is 0 Å². The molecule has 0 aromatic carbocycles. The Balaban J connectivity index is 2.20. The molecule has 0 aliphatic carbocycles. The Hall–Kier alpha value is -1.14. The number of hydrogen-bond acceptors (Lipinski definition) is 4. The van der Waals surface area contributed by atoms with Crippen molar-refractivity contribution in [1.82, 2.24) is 10.2 Å². The van der Waals surface area contributed by atoms with Crippen molar-refractivity contribution < 1.29 is 4.21 Å². The van der Waals surface area contributed by atoms with E-state index in [1.54, 1.807) is 18.0 Å². The molecule has 0 bridgehead atoms. The van der Waals surface area contributed by atoms with E-state index in [1.165, 1.54) is 5.57 Å². The van der Waals surface area contributed by atoms with Gasteiger partial charge in [-0.25, -0.2) is 4.21 Å². The monoisotopic (exact) mass is 293 g/mol. The average molecular weight is 293 g/mol. The zero-order valence-corrected chi connectivity index (χ0v) is 12.5. The van der Waals surface area contributed by atoms with Crippen molar-refractivity contribution in [1.29, 1.82) is 0 Å². The van der Waals surface area contributed by atoms with Crippen LogP contribution in [0.5, 0.6) is 0 Å². The molecule has 1 atom stereocenters. The molecule has 100 valence electrons. The highest BCUT2D eigenvalue weighted by molar-refractivity contribution is 8.19. The summed E-state index contributed by atoms with van der Waals surface area (Å²) in [4.78, 5) is 5.49. The van der Waals surface area contributed by atoms with Gasteiger partial charge in [0.05, 0.1) is 25.6 Å². The van der Waals surface area contributed by atoms with E-state index in [1.807, 2.05) is 12.3 Å². The number of nitrogens with one attached hydrogen (secondary N) is 1. The largest absolute Gasteiger partial charge is 0.289 e. The summed E-state index contributed by atoms with van der Waals surface area (Å²) >= 11 is 1.57. The lowest BCUT2D eigenvalue weighted by Crippen LogP contribution is -2.11. The number of hydrogen-bond donors (Lipinski definition) is 1. The van der Waals surface area contributed by atoms with E-state index in [-0.39, 0.29) is 0 Å². The summed E-state index contributed by atoms with van der Waals surface area (Å²) in [7, 11) is -1.10. The van der Waals surface area contributed by atoms with Crippen molar-refractivity contribution in [2.75, 3.05) is 12.8 Å². The lowest BCUT2D eigenvalue weighted by molar-refractivity contribution is 0.693. The normalized spacial score (nSPS) is 22.8. The summed E-state index contributed by atoms with van der Waals surface area (Å²) in [5.41, 5.74) is 4.28. The van der Waals surface area contributed by atoms with Gasteiger partial charge in [-0.1, -0.05) is 6.92 Å². The van der Waals surface area contributed by atoms with E-state index < -0.39 is 10.8 Å². The maximum absolute atomic E-state index is 12.7. The number of allylic oxidation sites excluding steroid dienone is 1. The molecule has 1 N–H and O–H groups in total. The number of thioether (sulfide) groups is 1. The van der Waals surface area contributed by atoms with Crippen molar-refractivity contribution in [3.63, 3.8) is 0 Å². The molecule has 3 heterocycles. The Kier molecular flexibility index (Phi) is 3.45. The molecular weight excluding hydrogens is 278 g/mol. The van der Waals surface area contributed by atoms with Gasteiger partial charge in [0.2, 0.25) is 0 Å². The van der Waals surface area contributed by atoms with Gasteiger partial charge in [-0.3, -0.25) is 10.1 Å². The third-order valence-corrected chi connectivity index (χ3v) is 6.26. The van der Waals surface area contributed by atoms with Crippen LogP contribution in [0.2, 0.25) is 0 Å².